The number of ether oxygens (including phenoxy) is 1. The zero-order chi connectivity index (χ0) is 20.1. The van der Waals surface area contributed by atoms with Crippen molar-refractivity contribution in [3.63, 3.8) is 0 Å². The van der Waals surface area contributed by atoms with Gasteiger partial charge in [0.2, 0.25) is 0 Å². The molecule has 2 aromatic rings. The van der Waals surface area contributed by atoms with Crippen molar-refractivity contribution >= 4 is 10.8 Å². The van der Waals surface area contributed by atoms with Crippen LogP contribution in [0.3, 0.4) is 0 Å². The summed E-state index contributed by atoms with van der Waals surface area (Å²) in [7, 11) is -0.873. The van der Waals surface area contributed by atoms with Crippen LogP contribution in [0.4, 0.5) is 0 Å². The van der Waals surface area contributed by atoms with Gasteiger partial charge in [-0.1, -0.05) is 60.7 Å². The Hall–Kier alpha value is -1.53. The van der Waals surface area contributed by atoms with Crippen LogP contribution in [0.2, 0.25) is 0 Å². The van der Waals surface area contributed by atoms with E-state index in [4.69, 9.17) is 4.74 Å². The fourth-order valence-electron chi connectivity index (χ4n) is 4.85. The van der Waals surface area contributed by atoms with Crippen molar-refractivity contribution in [2.45, 2.75) is 48.8 Å². The smallest absolute Gasteiger partial charge is 0.0563 e. The summed E-state index contributed by atoms with van der Waals surface area (Å²) in [6.45, 7) is 5.48. The summed E-state index contributed by atoms with van der Waals surface area (Å²) in [6, 6.07) is 21.7. The van der Waals surface area contributed by atoms with Crippen molar-refractivity contribution in [3.05, 3.63) is 71.8 Å². The van der Waals surface area contributed by atoms with Gasteiger partial charge in [0.25, 0.3) is 0 Å². The van der Waals surface area contributed by atoms with Crippen LogP contribution in [0.25, 0.3) is 0 Å². The van der Waals surface area contributed by atoms with Crippen molar-refractivity contribution in [2.24, 2.45) is 0 Å². The molecule has 0 saturated carbocycles. The van der Waals surface area contributed by atoms with Crippen LogP contribution in [0, 0.1) is 0 Å². The maximum atomic E-state index is 13.7. The standard InChI is InChI=1S/C24H32N2O2S/c1-2-28-15-9-14-26-18-25-23-21(16-19-10-5-3-6-11-19)29(27)22(24(23)26)17-20-12-7-4-8-13-20/h3-8,10-13,21-25H,2,9,14-18H2,1H3. The maximum Gasteiger partial charge on any atom is 0.0563 e. The van der Waals surface area contributed by atoms with E-state index in [9.17, 15) is 4.21 Å². The Bertz CT molecular complexity index is 786. The molecule has 0 amide bonds. The predicted molar refractivity (Wildman–Crippen MR) is 119 cm³/mol. The predicted octanol–water partition coefficient (Wildman–Crippen LogP) is 3.00. The second kappa shape index (κ2) is 9.98. The summed E-state index contributed by atoms with van der Waals surface area (Å²) in [5, 5.41) is 4.04. The second-order valence-corrected chi connectivity index (χ2v) is 9.89. The topological polar surface area (TPSA) is 41.6 Å². The van der Waals surface area contributed by atoms with E-state index in [1.165, 1.54) is 11.1 Å². The lowest BCUT2D eigenvalue weighted by Crippen LogP contribution is -2.43. The van der Waals surface area contributed by atoms with Crippen LogP contribution >= 0.6 is 0 Å². The van der Waals surface area contributed by atoms with Gasteiger partial charge in [0.05, 0.1) is 10.5 Å². The van der Waals surface area contributed by atoms with E-state index in [0.29, 0.717) is 6.04 Å². The van der Waals surface area contributed by atoms with Crippen molar-refractivity contribution in [1.82, 2.24) is 10.2 Å². The summed E-state index contributed by atoms with van der Waals surface area (Å²) >= 11 is 0. The minimum atomic E-state index is -0.873. The summed E-state index contributed by atoms with van der Waals surface area (Å²) in [5.74, 6) is 0. The Morgan fingerprint density at radius 3 is 2.24 bits per heavy atom. The Balaban J connectivity index is 1.53. The van der Waals surface area contributed by atoms with Gasteiger partial charge in [-0.2, -0.15) is 0 Å². The Kier molecular flexibility index (Phi) is 7.14. The highest BCUT2D eigenvalue weighted by atomic mass is 32.2. The highest BCUT2D eigenvalue weighted by Crippen LogP contribution is 2.36. The van der Waals surface area contributed by atoms with Gasteiger partial charge in [0.1, 0.15) is 0 Å². The number of nitrogens with zero attached hydrogens (tertiary/aromatic N) is 1. The van der Waals surface area contributed by atoms with Gasteiger partial charge >= 0.3 is 0 Å². The SMILES string of the molecule is CCOCCCN1CNC2C1C(Cc1ccccc1)S(=O)C2Cc1ccccc1. The molecule has 156 valence electrons. The number of rotatable bonds is 9. The van der Waals surface area contributed by atoms with E-state index >= 15 is 0 Å². The molecule has 1 N–H and O–H groups in total. The normalized spacial score (nSPS) is 29.2. The van der Waals surface area contributed by atoms with Crippen molar-refractivity contribution in [3.8, 4) is 0 Å². The Morgan fingerprint density at radius 2 is 1.62 bits per heavy atom. The molecule has 0 aliphatic carbocycles. The molecule has 2 aliphatic rings. The highest BCUT2D eigenvalue weighted by molar-refractivity contribution is 7.86. The number of hydrogen-bond acceptors (Lipinski definition) is 4. The van der Waals surface area contributed by atoms with E-state index in [0.717, 1.165) is 45.7 Å². The lowest BCUT2D eigenvalue weighted by Gasteiger charge is -2.27. The zero-order valence-electron chi connectivity index (χ0n) is 17.2. The Morgan fingerprint density at radius 1 is 1.00 bits per heavy atom. The minimum Gasteiger partial charge on any atom is -0.382 e. The van der Waals surface area contributed by atoms with Gasteiger partial charge in [0, 0.05) is 49.3 Å². The first-order valence-corrected chi connectivity index (χ1v) is 12.1. The molecule has 0 aromatic heterocycles. The van der Waals surface area contributed by atoms with Crippen LogP contribution in [-0.4, -0.2) is 58.1 Å². The molecule has 2 fully saturated rings. The molecule has 4 nitrogen and oxygen atoms in total. The molecule has 2 aromatic carbocycles. The summed E-state index contributed by atoms with van der Waals surface area (Å²) in [5.41, 5.74) is 2.56. The van der Waals surface area contributed by atoms with Crippen LogP contribution in [0.15, 0.2) is 60.7 Å². The van der Waals surface area contributed by atoms with E-state index < -0.39 is 10.8 Å². The molecule has 5 atom stereocenters. The summed E-state index contributed by atoms with van der Waals surface area (Å²) < 4.78 is 19.2. The van der Waals surface area contributed by atoms with Crippen LogP contribution < -0.4 is 5.32 Å². The first-order chi connectivity index (χ1) is 14.3. The quantitative estimate of drug-likeness (QED) is 0.643. The molecular weight excluding hydrogens is 380 g/mol. The number of hydrogen-bond donors (Lipinski definition) is 1. The highest BCUT2D eigenvalue weighted by Gasteiger charge is 2.53. The molecule has 4 rings (SSSR count). The van der Waals surface area contributed by atoms with Crippen LogP contribution in [0.1, 0.15) is 24.5 Å². The van der Waals surface area contributed by atoms with E-state index in [1.54, 1.807) is 0 Å². The van der Waals surface area contributed by atoms with E-state index in [-0.39, 0.29) is 16.5 Å². The third kappa shape index (κ3) is 4.80. The lowest BCUT2D eigenvalue weighted by atomic mass is 9.95. The molecule has 2 heterocycles. The maximum absolute atomic E-state index is 13.7. The van der Waals surface area contributed by atoms with Gasteiger partial charge in [0.15, 0.2) is 0 Å². The van der Waals surface area contributed by atoms with Gasteiger partial charge < -0.3 is 4.74 Å². The number of benzene rings is 2. The molecular formula is C24H32N2O2S. The average molecular weight is 413 g/mol. The third-order valence-corrected chi connectivity index (χ3v) is 8.29. The van der Waals surface area contributed by atoms with Crippen molar-refractivity contribution in [1.29, 1.82) is 0 Å². The summed E-state index contributed by atoms with van der Waals surface area (Å²) in [6.07, 6.45) is 2.77. The fraction of sp³-hybridized carbons (Fsp3) is 0.500. The molecule has 0 spiro atoms. The summed E-state index contributed by atoms with van der Waals surface area (Å²) in [4.78, 5) is 2.51. The average Bonchev–Trinajstić information content (AvgIpc) is 3.27. The van der Waals surface area contributed by atoms with E-state index in [2.05, 4.69) is 58.7 Å². The number of nitrogens with one attached hydrogen (secondary N) is 1. The Labute approximate surface area is 177 Å². The molecule has 0 radical (unpaired) electrons. The first kappa shape index (κ1) is 20.7. The first-order valence-electron chi connectivity index (χ1n) is 10.8. The van der Waals surface area contributed by atoms with Gasteiger partial charge in [-0.25, -0.2) is 0 Å². The molecule has 0 bridgehead atoms. The molecule has 5 unspecified atom stereocenters. The third-order valence-electron chi connectivity index (χ3n) is 6.20. The van der Waals surface area contributed by atoms with Gasteiger partial charge in [-0.3, -0.25) is 14.4 Å². The van der Waals surface area contributed by atoms with Crippen LogP contribution in [-0.2, 0) is 28.4 Å². The van der Waals surface area contributed by atoms with Crippen molar-refractivity contribution in [2.75, 3.05) is 26.4 Å². The van der Waals surface area contributed by atoms with E-state index in [1.807, 2.05) is 19.1 Å². The molecule has 2 saturated heterocycles. The molecule has 5 heteroatoms. The largest absolute Gasteiger partial charge is 0.382 e. The minimum absolute atomic E-state index is 0.160. The molecule has 2 aliphatic heterocycles. The number of fused-ring (bicyclic) bond motifs is 1. The molecule has 29 heavy (non-hydrogen) atoms. The van der Waals surface area contributed by atoms with Crippen molar-refractivity contribution < 1.29 is 8.95 Å². The monoisotopic (exact) mass is 412 g/mol. The fourth-order valence-corrected chi connectivity index (χ4v) is 7.17. The second-order valence-electron chi connectivity index (χ2n) is 8.03. The zero-order valence-corrected chi connectivity index (χ0v) is 18.0. The lowest BCUT2D eigenvalue weighted by molar-refractivity contribution is 0.128. The van der Waals surface area contributed by atoms with Gasteiger partial charge in [-0.15, -0.1) is 0 Å². The van der Waals surface area contributed by atoms with Gasteiger partial charge in [-0.05, 0) is 37.3 Å². The van der Waals surface area contributed by atoms with Crippen LogP contribution in [0.5, 0.6) is 0 Å².